The zero-order valence-corrected chi connectivity index (χ0v) is 23.5. The van der Waals surface area contributed by atoms with Gasteiger partial charge in [0.2, 0.25) is 11.8 Å². The molecule has 1 aromatic heterocycles. The summed E-state index contributed by atoms with van der Waals surface area (Å²) in [5.41, 5.74) is 6.79. The molecule has 8 heteroatoms. The van der Waals surface area contributed by atoms with Gasteiger partial charge in [0.15, 0.2) is 0 Å². The highest BCUT2D eigenvalue weighted by Gasteiger charge is 2.22. The van der Waals surface area contributed by atoms with Crippen molar-refractivity contribution in [2.45, 2.75) is 51.5 Å². The smallest absolute Gasteiger partial charge is 0.264 e. The second-order valence-electron chi connectivity index (χ2n) is 10.6. The zero-order valence-electron chi connectivity index (χ0n) is 22.7. The summed E-state index contributed by atoms with van der Waals surface area (Å²) in [5, 5.41) is 3.45. The molecule has 202 valence electrons. The molecular formula is C31H34N4O3S. The van der Waals surface area contributed by atoms with Crippen molar-refractivity contribution < 1.29 is 13.2 Å². The molecule has 39 heavy (non-hydrogen) atoms. The second-order valence-corrected chi connectivity index (χ2v) is 12.3. The van der Waals surface area contributed by atoms with Crippen molar-refractivity contribution in [1.82, 2.24) is 9.97 Å². The van der Waals surface area contributed by atoms with Crippen LogP contribution < -0.4 is 14.8 Å². The van der Waals surface area contributed by atoms with E-state index in [0.29, 0.717) is 30.5 Å². The van der Waals surface area contributed by atoms with Crippen molar-refractivity contribution in [3.05, 3.63) is 95.1 Å². The fourth-order valence-corrected chi connectivity index (χ4v) is 6.04. The third-order valence-corrected chi connectivity index (χ3v) is 8.05. The van der Waals surface area contributed by atoms with E-state index in [0.717, 1.165) is 28.8 Å². The Morgan fingerprint density at radius 3 is 2.56 bits per heavy atom. The molecule has 0 amide bonds. The maximum Gasteiger partial charge on any atom is 0.264 e. The Bertz CT molecular complexity index is 1600. The fourth-order valence-electron chi connectivity index (χ4n) is 5.05. The average molecular weight is 543 g/mol. The first-order chi connectivity index (χ1) is 18.7. The Labute approximate surface area is 230 Å². The van der Waals surface area contributed by atoms with E-state index in [1.54, 1.807) is 24.3 Å². The first-order valence-electron chi connectivity index (χ1n) is 13.2. The first kappa shape index (κ1) is 26.7. The van der Waals surface area contributed by atoms with E-state index in [4.69, 9.17) is 4.74 Å². The van der Waals surface area contributed by atoms with E-state index < -0.39 is 10.0 Å². The van der Waals surface area contributed by atoms with E-state index in [-0.39, 0.29) is 16.9 Å². The zero-order chi connectivity index (χ0) is 27.6. The van der Waals surface area contributed by atoms with Crippen molar-refractivity contribution in [3.63, 3.8) is 0 Å². The van der Waals surface area contributed by atoms with Crippen LogP contribution in [0.3, 0.4) is 0 Å². The molecule has 2 N–H and O–H groups in total. The van der Waals surface area contributed by atoms with Gasteiger partial charge >= 0.3 is 0 Å². The molecule has 7 nitrogen and oxygen atoms in total. The highest BCUT2D eigenvalue weighted by Crippen LogP contribution is 2.32. The van der Waals surface area contributed by atoms with Gasteiger partial charge in [0, 0.05) is 17.3 Å². The minimum atomic E-state index is -3.93. The molecular weight excluding hydrogens is 508 g/mol. The van der Waals surface area contributed by atoms with Crippen molar-refractivity contribution in [2.75, 3.05) is 16.6 Å². The number of rotatable bonds is 5. The lowest BCUT2D eigenvalue weighted by Gasteiger charge is -2.23. The number of nitrogens with one attached hydrogen (secondary N) is 2. The Balaban J connectivity index is 1.61. The van der Waals surface area contributed by atoms with Crippen LogP contribution in [-0.4, -0.2) is 31.0 Å². The maximum absolute atomic E-state index is 13.3. The topological polar surface area (TPSA) is 93.2 Å². The number of sulfonamides is 1. The molecule has 0 spiro atoms. The molecule has 1 aliphatic rings. The van der Waals surface area contributed by atoms with Gasteiger partial charge in [-0.3, -0.25) is 0 Å². The predicted molar refractivity (Wildman–Crippen MR) is 156 cm³/mol. The van der Waals surface area contributed by atoms with Crippen LogP contribution in [0.15, 0.2) is 77.7 Å². The van der Waals surface area contributed by atoms with Crippen LogP contribution in [-0.2, 0) is 16.4 Å². The van der Waals surface area contributed by atoms with E-state index in [2.05, 4.69) is 71.1 Å². The third-order valence-electron chi connectivity index (χ3n) is 6.72. The summed E-state index contributed by atoms with van der Waals surface area (Å²) >= 11 is 0. The molecule has 0 unspecified atom stereocenters. The summed E-state index contributed by atoms with van der Waals surface area (Å²) < 4.78 is 35.5. The van der Waals surface area contributed by atoms with Crippen LogP contribution in [0.1, 0.15) is 42.5 Å². The lowest BCUT2D eigenvalue weighted by Crippen LogP contribution is -2.29. The Morgan fingerprint density at radius 2 is 1.77 bits per heavy atom. The molecule has 1 aliphatic heterocycles. The molecule has 0 saturated heterocycles. The van der Waals surface area contributed by atoms with Gasteiger partial charge in [-0.2, -0.15) is 4.98 Å². The SMILES string of the molecule is Cc1cccc(Cc2cccc(C)c2-c2cc3nc(n2)NS(=O)(=O)c2cccc(c2)N[C@H](CC(C)C)CO3)c1. The third kappa shape index (κ3) is 6.40. The Hall–Kier alpha value is -3.91. The lowest BCUT2D eigenvalue weighted by atomic mass is 9.93. The van der Waals surface area contributed by atoms with E-state index in [1.807, 2.05) is 25.1 Å². The standard InChI is InChI=1S/C31H34N4O3S/c1-20(2)14-26-19-38-29-18-28(30-22(4)9-6-11-24(30)16-23-10-5-8-21(3)15-23)33-31(34-29)35-39(36,37)27-13-7-12-25(17-27)32-26/h5-13,15,17-18,20,26,32H,14,16,19H2,1-4H3,(H,33,34,35)/t26-/m1/s1. The van der Waals surface area contributed by atoms with Gasteiger partial charge in [-0.25, -0.2) is 18.1 Å². The van der Waals surface area contributed by atoms with Gasteiger partial charge < -0.3 is 10.1 Å². The number of aromatic nitrogens is 2. The molecule has 5 rings (SSSR count). The number of ether oxygens (including phenoxy) is 1. The molecule has 0 fully saturated rings. The first-order valence-corrected chi connectivity index (χ1v) is 14.7. The maximum atomic E-state index is 13.3. The van der Waals surface area contributed by atoms with Crippen LogP contribution in [0.4, 0.5) is 11.6 Å². The molecule has 0 saturated carbocycles. The molecule has 3 aromatic carbocycles. The van der Waals surface area contributed by atoms with Gasteiger partial charge in [0.1, 0.15) is 6.61 Å². The van der Waals surface area contributed by atoms with Crippen LogP contribution in [0.5, 0.6) is 5.88 Å². The quantitative estimate of drug-likeness (QED) is 0.304. The highest BCUT2D eigenvalue weighted by atomic mass is 32.2. The van der Waals surface area contributed by atoms with Crippen LogP contribution in [0.2, 0.25) is 0 Å². The van der Waals surface area contributed by atoms with Crippen molar-refractivity contribution in [2.24, 2.45) is 5.92 Å². The Kier molecular flexibility index (Phi) is 7.57. The second kappa shape index (κ2) is 11.1. The van der Waals surface area contributed by atoms with Gasteiger partial charge in [-0.05, 0) is 67.5 Å². The van der Waals surface area contributed by atoms with Gasteiger partial charge in [0.25, 0.3) is 10.0 Å². The van der Waals surface area contributed by atoms with Crippen molar-refractivity contribution in [3.8, 4) is 17.1 Å². The van der Waals surface area contributed by atoms with Gasteiger partial charge in [-0.15, -0.1) is 0 Å². The van der Waals surface area contributed by atoms with Crippen LogP contribution >= 0.6 is 0 Å². The lowest BCUT2D eigenvalue weighted by molar-refractivity contribution is 0.271. The van der Waals surface area contributed by atoms with Gasteiger partial charge in [-0.1, -0.05) is 67.9 Å². The minimum absolute atomic E-state index is 0.0217. The highest BCUT2D eigenvalue weighted by molar-refractivity contribution is 7.92. The summed E-state index contributed by atoms with van der Waals surface area (Å²) in [6.45, 7) is 8.79. The summed E-state index contributed by atoms with van der Waals surface area (Å²) in [6, 6.07) is 23.1. The minimum Gasteiger partial charge on any atom is -0.475 e. The average Bonchev–Trinajstić information content (AvgIpc) is 2.86. The van der Waals surface area contributed by atoms with E-state index in [1.165, 1.54) is 11.1 Å². The number of hydrogen-bond donors (Lipinski definition) is 2. The normalized spacial score (nSPS) is 16.3. The van der Waals surface area contributed by atoms with E-state index >= 15 is 0 Å². The van der Waals surface area contributed by atoms with Crippen molar-refractivity contribution in [1.29, 1.82) is 0 Å². The van der Waals surface area contributed by atoms with Gasteiger partial charge in [0.05, 0.1) is 16.6 Å². The number of hydrogen-bond acceptors (Lipinski definition) is 6. The number of benzene rings is 3. The largest absolute Gasteiger partial charge is 0.475 e. The van der Waals surface area contributed by atoms with E-state index in [9.17, 15) is 8.42 Å². The molecule has 0 radical (unpaired) electrons. The Morgan fingerprint density at radius 1 is 0.974 bits per heavy atom. The summed E-state index contributed by atoms with van der Waals surface area (Å²) in [4.78, 5) is 9.28. The number of fused-ring (bicyclic) bond motifs is 4. The summed E-state index contributed by atoms with van der Waals surface area (Å²) in [5.74, 6) is 0.717. The summed E-state index contributed by atoms with van der Waals surface area (Å²) in [7, 11) is -3.93. The molecule has 0 aliphatic carbocycles. The molecule has 1 atom stereocenters. The molecule has 4 aromatic rings. The van der Waals surface area contributed by atoms with Crippen LogP contribution in [0.25, 0.3) is 11.3 Å². The number of nitrogens with zero attached hydrogens (tertiary/aromatic N) is 2. The molecule has 4 bridgehead atoms. The predicted octanol–water partition coefficient (Wildman–Crippen LogP) is 6.37. The fraction of sp³-hybridized carbons (Fsp3) is 0.290. The number of aryl methyl sites for hydroxylation is 2. The van der Waals surface area contributed by atoms with Crippen molar-refractivity contribution >= 4 is 21.7 Å². The summed E-state index contributed by atoms with van der Waals surface area (Å²) in [6.07, 6.45) is 1.56. The monoisotopic (exact) mass is 542 g/mol. The van der Waals surface area contributed by atoms with Crippen LogP contribution in [0, 0.1) is 19.8 Å². The molecule has 2 heterocycles. The number of anilines is 2.